The number of rotatable bonds is 3. The Morgan fingerprint density at radius 2 is 2.11 bits per heavy atom. The molecule has 0 radical (unpaired) electrons. The highest BCUT2D eigenvalue weighted by atomic mass is 35.5. The maximum atomic E-state index is 10.7. The number of hydrogen-bond donors (Lipinski definition) is 0. The summed E-state index contributed by atoms with van der Waals surface area (Å²) in [7, 11) is 0. The maximum Gasteiger partial charge on any atom is 0.209 e. The van der Waals surface area contributed by atoms with E-state index in [1.54, 1.807) is 11.3 Å². The normalized spacial score (nSPS) is 17.0. The quantitative estimate of drug-likeness (QED) is 0.815. The van der Waals surface area contributed by atoms with Crippen molar-refractivity contribution >= 4 is 39.6 Å². The molecule has 6 heteroatoms. The SMILES string of the molecule is O=CN1CCN(Cc2nc3cc(Cl)ccc3s2)CC1. The van der Waals surface area contributed by atoms with Crippen LogP contribution >= 0.6 is 22.9 Å². The van der Waals surface area contributed by atoms with Crippen molar-refractivity contribution in [2.45, 2.75) is 6.54 Å². The molecule has 1 fully saturated rings. The first-order chi connectivity index (χ1) is 9.24. The Kier molecular flexibility index (Phi) is 3.68. The van der Waals surface area contributed by atoms with Crippen molar-refractivity contribution in [3.8, 4) is 0 Å². The Bertz CT molecular complexity index is 593. The van der Waals surface area contributed by atoms with E-state index in [2.05, 4.69) is 9.88 Å². The van der Waals surface area contributed by atoms with Gasteiger partial charge in [0.1, 0.15) is 5.01 Å². The number of aromatic nitrogens is 1. The summed E-state index contributed by atoms with van der Waals surface area (Å²) in [5.74, 6) is 0. The second-order valence-electron chi connectivity index (χ2n) is 4.64. The lowest BCUT2D eigenvalue weighted by atomic mass is 10.3. The molecular weight excluding hydrogens is 282 g/mol. The molecule has 1 aromatic carbocycles. The topological polar surface area (TPSA) is 36.4 Å². The van der Waals surface area contributed by atoms with Crippen LogP contribution in [-0.4, -0.2) is 47.4 Å². The highest BCUT2D eigenvalue weighted by molar-refractivity contribution is 7.18. The second kappa shape index (κ2) is 5.45. The molecule has 4 nitrogen and oxygen atoms in total. The smallest absolute Gasteiger partial charge is 0.209 e. The zero-order chi connectivity index (χ0) is 13.2. The van der Waals surface area contributed by atoms with Gasteiger partial charge in [0.2, 0.25) is 6.41 Å². The zero-order valence-electron chi connectivity index (χ0n) is 10.4. The number of benzene rings is 1. The summed E-state index contributed by atoms with van der Waals surface area (Å²) in [5.41, 5.74) is 0.971. The third-order valence-electron chi connectivity index (χ3n) is 3.31. The zero-order valence-corrected chi connectivity index (χ0v) is 12.0. The summed E-state index contributed by atoms with van der Waals surface area (Å²) >= 11 is 7.68. The van der Waals surface area contributed by atoms with Gasteiger partial charge in [0, 0.05) is 31.2 Å². The molecule has 0 atom stereocenters. The Hall–Kier alpha value is -1.17. The van der Waals surface area contributed by atoms with Crippen LogP contribution in [-0.2, 0) is 11.3 Å². The van der Waals surface area contributed by atoms with Gasteiger partial charge < -0.3 is 4.90 Å². The van der Waals surface area contributed by atoms with Gasteiger partial charge in [-0.2, -0.15) is 0 Å². The predicted octanol–water partition coefficient (Wildman–Crippen LogP) is 2.22. The fourth-order valence-electron chi connectivity index (χ4n) is 2.23. The van der Waals surface area contributed by atoms with Crippen molar-refractivity contribution in [1.82, 2.24) is 14.8 Å². The van der Waals surface area contributed by atoms with Gasteiger partial charge in [-0.05, 0) is 18.2 Å². The Morgan fingerprint density at radius 1 is 1.32 bits per heavy atom. The van der Waals surface area contributed by atoms with Crippen LogP contribution in [0.15, 0.2) is 18.2 Å². The minimum Gasteiger partial charge on any atom is -0.343 e. The minimum atomic E-state index is 0.726. The van der Waals surface area contributed by atoms with Gasteiger partial charge in [-0.15, -0.1) is 11.3 Å². The van der Waals surface area contributed by atoms with Crippen molar-refractivity contribution in [3.05, 3.63) is 28.2 Å². The van der Waals surface area contributed by atoms with Crippen LogP contribution in [0.2, 0.25) is 5.02 Å². The number of hydrogen-bond acceptors (Lipinski definition) is 4. The molecule has 19 heavy (non-hydrogen) atoms. The summed E-state index contributed by atoms with van der Waals surface area (Å²) in [6.07, 6.45) is 0.928. The van der Waals surface area contributed by atoms with Gasteiger partial charge in [-0.3, -0.25) is 9.69 Å². The molecule has 1 saturated heterocycles. The number of piperazine rings is 1. The lowest BCUT2D eigenvalue weighted by molar-refractivity contribution is -0.119. The van der Waals surface area contributed by atoms with Crippen LogP contribution in [0.3, 0.4) is 0 Å². The van der Waals surface area contributed by atoms with E-state index in [1.165, 1.54) is 4.70 Å². The van der Waals surface area contributed by atoms with Gasteiger partial charge >= 0.3 is 0 Å². The predicted molar refractivity (Wildman–Crippen MR) is 77.5 cm³/mol. The number of amides is 1. The summed E-state index contributed by atoms with van der Waals surface area (Å²) < 4.78 is 1.17. The average Bonchev–Trinajstić information content (AvgIpc) is 2.81. The molecule has 0 saturated carbocycles. The molecule has 1 amide bonds. The van der Waals surface area contributed by atoms with Gasteiger partial charge in [0.15, 0.2) is 0 Å². The second-order valence-corrected chi connectivity index (χ2v) is 6.19. The van der Waals surface area contributed by atoms with E-state index in [-0.39, 0.29) is 0 Å². The first-order valence-electron chi connectivity index (χ1n) is 6.21. The molecule has 0 aliphatic carbocycles. The number of fused-ring (bicyclic) bond motifs is 1. The molecule has 3 rings (SSSR count). The van der Waals surface area contributed by atoms with Crippen molar-refractivity contribution in [2.75, 3.05) is 26.2 Å². The van der Waals surface area contributed by atoms with Crippen LogP contribution in [0.25, 0.3) is 10.2 Å². The van der Waals surface area contributed by atoms with Gasteiger partial charge in [0.25, 0.3) is 0 Å². The van der Waals surface area contributed by atoms with E-state index in [0.717, 1.165) is 54.7 Å². The number of thiazole rings is 1. The third kappa shape index (κ3) is 2.88. The lowest BCUT2D eigenvalue weighted by Gasteiger charge is -2.31. The minimum absolute atomic E-state index is 0.726. The molecule has 1 aromatic heterocycles. The van der Waals surface area contributed by atoms with Crippen molar-refractivity contribution in [1.29, 1.82) is 0 Å². The molecule has 1 aliphatic heterocycles. The van der Waals surface area contributed by atoms with Crippen molar-refractivity contribution in [2.24, 2.45) is 0 Å². The van der Waals surface area contributed by atoms with E-state index in [0.29, 0.717) is 0 Å². The van der Waals surface area contributed by atoms with Crippen LogP contribution in [0, 0.1) is 0 Å². The largest absolute Gasteiger partial charge is 0.343 e. The van der Waals surface area contributed by atoms with Gasteiger partial charge in [-0.25, -0.2) is 4.98 Å². The van der Waals surface area contributed by atoms with E-state index >= 15 is 0 Å². The Labute approximate surface area is 120 Å². The maximum absolute atomic E-state index is 10.7. The highest BCUT2D eigenvalue weighted by Crippen LogP contribution is 2.25. The average molecular weight is 296 g/mol. The molecule has 0 unspecified atom stereocenters. The van der Waals surface area contributed by atoms with E-state index < -0.39 is 0 Å². The van der Waals surface area contributed by atoms with Crippen LogP contribution < -0.4 is 0 Å². The standard InChI is InChI=1S/C13H14ClN3OS/c14-10-1-2-12-11(7-10)15-13(19-12)8-16-3-5-17(9-18)6-4-16/h1-2,7,9H,3-6,8H2. The first-order valence-corrected chi connectivity index (χ1v) is 7.41. The third-order valence-corrected chi connectivity index (χ3v) is 4.56. The van der Waals surface area contributed by atoms with E-state index in [9.17, 15) is 4.79 Å². The van der Waals surface area contributed by atoms with Crippen LogP contribution in [0.5, 0.6) is 0 Å². The summed E-state index contributed by atoms with van der Waals surface area (Å²) in [5, 5.41) is 1.83. The summed E-state index contributed by atoms with van der Waals surface area (Å²) in [4.78, 5) is 19.4. The monoisotopic (exact) mass is 295 g/mol. The summed E-state index contributed by atoms with van der Waals surface area (Å²) in [6, 6.07) is 5.82. The number of halogens is 1. The van der Waals surface area contributed by atoms with Gasteiger partial charge in [-0.1, -0.05) is 11.6 Å². The number of carbonyl (C=O) groups is 1. The van der Waals surface area contributed by atoms with Crippen molar-refractivity contribution < 1.29 is 4.79 Å². The van der Waals surface area contributed by atoms with E-state index in [4.69, 9.17) is 11.6 Å². The molecule has 0 N–H and O–H groups in total. The number of nitrogens with zero attached hydrogens (tertiary/aromatic N) is 3. The fraction of sp³-hybridized carbons (Fsp3) is 0.385. The lowest BCUT2D eigenvalue weighted by Crippen LogP contribution is -2.45. The highest BCUT2D eigenvalue weighted by Gasteiger charge is 2.16. The molecule has 0 spiro atoms. The molecule has 100 valence electrons. The molecule has 2 heterocycles. The molecule has 2 aromatic rings. The Morgan fingerprint density at radius 3 is 2.84 bits per heavy atom. The molecule has 0 bridgehead atoms. The van der Waals surface area contributed by atoms with Crippen LogP contribution in [0.1, 0.15) is 5.01 Å². The van der Waals surface area contributed by atoms with Crippen LogP contribution in [0.4, 0.5) is 0 Å². The van der Waals surface area contributed by atoms with E-state index in [1.807, 2.05) is 23.1 Å². The van der Waals surface area contributed by atoms with Crippen molar-refractivity contribution in [3.63, 3.8) is 0 Å². The molecular formula is C13H14ClN3OS. The number of carbonyl (C=O) groups excluding carboxylic acids is 1. The first kappa shape index (κ1) is 12.8. The van der Waals surface area contributed by atoms with Gasteiger partial charge in [0.05, 0.1) is 16.8 Å². The molecule has 1 aliphatic rings. The fourth-order valence-corrected chi connectivity index (χ4v) is 3.39. The Balaban J connectivity index is 1.70. The summed E-state index contributed by atoms with van der Waals surface area (Å²) in [6.45, 7) is 4.29.